The van der Waals surface area contributed by atoms with Crippen LogP contribution in [0.25, 0.3) is 0 Å². The fourth-order valence-electron chi connectivity index (χ4n) is 1.17. The van der Waals surface area contributed by atoms with Gasteiger partial charge in [0, 0.05) is 0 Å². The van der Waals surface area contributed by atoms with Gasteiger partial charge in [-0.3, -0.25) is 4.79 Å². The molecular formula is C10H8F4O2. The van der Waals surface area contributed by atoms with Crippen molar-refractivity contribution in [3.05, 3.63) is 35.4 Å². The van der Waals surface area contributed by atoms with E-state index in [1.165, 1.54) is 12.1 Å². The maximum absolute atomic E-state index is 12.8. The molecule has 1 atom stereocenters. The van der Waals surface area contributed by atoms with Gasteiger partial charge in [0.1, 0.15) is 0 Å². The highest BCUT2D eigenvalue weighted by molar-refractivity contribution is 5.70. The number of carboxylic acids is 1. The summed E-state index contributed by atoms with van der Waals surface area (Å²) in [6.45, 7) is 0. The predicted octanol–water partition coefficient (Wildman–Crippen LogP) is 2.89. The van der Waals surface area contributed by atoms with Crippen molar-refractivity contribution in [1.82, 2.24) is 0 Å². The lowest BCUT2D eigenvalue weighted by atomic mass is 10.1. The Balaban J connectivity index is 2.83. The van der Waals surface area contributed by atoms with Crippen LogP contribution in [0.3, 0.4) is 0 Å². The van der Waals surface area contributed by atoms with Gasteiger partial charge in [0.15, 0.2) is 0 Å². The Morgan fingerprint density at radius 1 is 1.25 bits per heavy atom. The van der Waals surface area contributed by atoms with Crippen LogP contribution >= 0.6 is 0 Å². The third-order valence-electron chi connectivity index (χ3n) is 1.92. The first-order valence-electron chi connectivity index (χ1n) is 4.32. The van der Waals surface area contributed by atoms with Gasteiger partial charge in [0.05, 0.1) is 6.42 Å². The van der Waals surface area contributed by atoms with Crippen molar-refractivity contribution in [2.24, 2.45) is 0 Å². The van der Waals surface area contributed by atoms with Crippen LogP contribution in [0.15, 0.2) is 24.3 Å². The zero-order chi connectivity index (χ0) is 12.3. The van der Waals surface area contributed by atoms with Crippen molar-refractivity contribution >= 4 is 5.97 Å². The summed E-state index contributed by atoms with van der Waals surface area (Å²) in [4.78, 5) is 10.3. The molecular weight excluding hydrogens is 228 g/mol. The molecule has 1 unspecified atom stereocenters. The quantitative estimate of drug-likeness (QED) is 0.819. The Morgan fingerprint density at radius 3 is 2.12 bits per heavy atom. The average Bonchev–Trinajstić information content (AvgIpc) is 2.15. The van der Waals surface area contributed by atoms with Gasteiger partial charge in [-0.05, 0) is 11.1 Å². The Bertz CT molecular complexity index is 369. The van der Waals surface area contributed by atoms with E-state index >= 15 is 0 Å². The van der Waals surface area contributed by atoms with Crippen LogP contribution in [-0.2, 0) is 11.2 Å². The fraction of sp³-hybridized carbons (Fsp3) is 0.300. The third kappa shape index (κ3) is 3.22. The number of aliphatic carboxylic acids is 1. The third-order valence-corrected chi connectivity index (χ3v) is 1.92. The number of rotatable bonds is 3. The van der Waals surface area contributed by atoms with E-state index in [9.17, 15) is 22.4 Å². The summed E-state index contributed by atoms with van der Waals surface area (Å²) >= 11 is 0. The van der Waals surface area contributed by atoms with Gasteiger partial charge in [-0.15, -0.1) is 0 Å². The minimum atomic E-state index is -4.94. The molecule has 0 aromatic heterocycles. The summed E-state index contributed by atoms with van der Waals surface area (Å²) in [7, 11) is 0. The second kappa shape index (κ2) is 4.51. The molecule has 1 N–H and O–H groups in total. The SMILES string of the molecule is O=C(O)Cc1ccc(C(F)C(F)(F)F)cc1. The van der Waals surface area contributed by atoms with Crippen molar-refractivity contribution in [1.29, 1.82) is 0 Å². The highest BCUT2D eigenvalue weighted by Gasteiger charge is 2.41. The smallest absolute Gasteiger partial charge is 0.423 e. The normalized spacial score (nSPS) is 13.5. The van der Waals surface area contributed by atoms with Gasteiger partial charge in [-0.25, -0.2) is 4.39 Å². The first-order chi connectivity index (χ1) is 7.30. The monoisotopic (exact) mass is 236 g/mol. The molecule has 0 aliphatic heterocycles. The lowest BCUT2D eigenvalue weighted by molar-refractivity contribution is -0.182. The van der Waals surface area contributed by atoms with Gasteiger partial charge >= 0.3 is 12.1 Å². The Labute approximate surface area is 88.5 Å². The molecule has 0 saturated carbocycles. The van der Waals surface area contributed by atoms with Crippen molar-refractivity contribution in [2.75, 3.05) is 0 Å². The molecule has 0 spiro atoms. The van der Waals surface area contributed by atoms with E-state index in [0.717, 1.165) is 12.1 Å². The van der Waals surface area contributed by atoms with Crippen LogP contribution in [0, 0.1) is 0 Å². The number of hydrogen-bond donors (Lipinski definition) is 1. The van der Waals surface area contributed by atoms with Crippen molar-refractivity contribution in [3.63, 3.8) is 0 Å². The molecule has 0 fully saturated rings. The highest BCUT2D eigenvalue weighted by Crippen LogP contribution is 2.35. The van der Waals surface area contributed by atoms with Gasteiger partial charge in [0.2, 0.25) is 6.17 Å². The first-order valence-corrected chi connectivity index (χ1v) is 4.32. The molecule has 88 valence electrons. The Hall–Kier alpha value is -1.59. The molecule has 16 heavy (non-hydrogen) atoms. The van der Waals surface area contributed by atoms with E-state index in [1.54, 1.807) is 0 Å². The van der Waals surface area contributed by atoms with Crippen LogP contribution in [0.2, 0.25) is 0 Å². The number of benzene rings is 1. The number of halogens is 4. The van der Waals surface area contributed by atoms with E-state index in [-0.39, 0.29) is 6.42 Å². The van der Waals surface area contributed by atoms with Crippen LogP contribution in [-0.4, -0.2) is 17.3 Å². The summed E-state index contributed by atoms with van der Waals surface area (Å²) in [5, 5.41) is 8.42. The van der Waals surface area contributed by atoms with E-state index in [2.05, 4.69) is 0 Å². The molecule has 0 aliphatic rings. The van der Waals surface area contributed by atoms with Crippen molar-refractivity contribution in [2.45, 2.75) is 18.8 Å². The van der Waals surface area contributed by atoms with Gasteiger partial charge < -0.3 is 5.11 Å². The summed E-state index contributed by atoms with van der Waals surface area (Å²) in [5.74, 6) is -1.10. The summed E-state index contributed by atoms with van der Waals surface area (Å²) in [6.07, 6.45) is -8.27. The maximum atomic E-state index is 12.8. The molecule has 1 rings (SSSR count). The second-order valence-corrected chi connectivity index (χ2v) is 3.22. The molecule has 0 radical (unpaired) electrons. The van der Waals surface area contributed by atoms with Crippen molar-refractivity contribution in [3.8, 4) is 0 Å². The number of carbonyl (C=O) groups is 1. The topological polar surface area (TPSA) is 37.3 Å². The van der Waals surface area contributed by atoms with Crippen LogP contribution in [0.1, 0.15) is 17.3 Å². The van der Waals surface area contributed by atoms with E-state index in [1.807, 2.05) is 0 Å². The standard InChI is InChI=1S/C10H8F4O2/c11-9(10(12,13)14)7-3-1-6(2-4-7)5-8(15)16/h1-4,9H,5H2,(H,15,16). The summed E-state index contributed by atoms with van der Waals surface area (Å²) in [6, 6.07) is 4.22. The summed E-state index contributed by atoms with van der Waals surface area (Å²) < 4.78 is 48.7. The van der Waals surface area contributed by atoms with Crippen LogP contribution in [0.5, 0.6) is 0 Å². The Kier molecular flexibility index (Phi) is 3.51. The zero-order valence-corrected chi connectivity index (χ0v) is 7.96. The molecule has 0 saturated heterocycles. The summed E-state index contributed by atoms with van der Waals surface area (Å²) in [5.41, 5.74) is -0.202. The van der Waals surface area contributed by atoms with Gasteiger partial charge in [-0.1, -0.05) is 24.3 Å². The molecule has 6 heteroatoms. The minimum Gasteiger partial charge on any atom is -0.481 e. The number of alkyl halides is 4. The first kappa shape index (κ1) is 12.5. The van der Waals surface area contributed by atoms with Gasteiger partial charge in [0.25, 0.3) is 0 Å². The second-order valence-electron chi connectivity index (χ2n) is 3.22. The van der Waals surface area contributed by atoms with Crippen LogP contribution in [0.4, 0.5) is 17.6 Å². The molecule has 0 amide bonds. The number of hydrogen-bond acceptors (Lipinski definition) is 1. The van der Waals surface area contributed by atoms with Crippen LogP contribution < -0.4 is 0 Å². The fourth-order valence-corrected chi connectivity index (χ4v) is 1.17. The lowest BCUT2D eigenvalue weighted by Crippen LogP contribution is -2.16. The maximum Gasteiger partial charge on any atom is 0.423 e. The predicted molar refractivity (Wildman–Crippen MR) is 47.7 cm³/mol. The van der Waals surface area contributed by atoms with Gasteiger partial charge in [-0.2, -0.15) is 13.2 Å². The highest BCUT2D eigenvalue weighted by atomic mass is 19.4. The molecule has 1 aromatic rings. The average molecular weight is 236 g/mol. The zero-order valence-electron chi connectivity index (χ0n) is 7.96. The largest absolute Gasteiger partial charge is 0.481 e. The molecule has 2 nitrogen and oxygen atoms in total. The molecule has 1 aromatic carbocycles. The van der Waals surface area contributed by atoms with E-state index < -0.39 is 23.9 Å². The lowest BCUT2D eigenvalue weighted by Gasteiger charge is -2.12. The number of carboxylic acid groups (broad SMARTS) is 1. The van der Waals surface area contributed by atoms with E-state index in [4.69, 9.17) is 5.11 Å². The molecule has 0 bridgehead atoms. The minimum absolute atomic E-state index is 0.302. The molecule has 0 aliphatic carbocycles. The van der Waals surface area contributed by atoms with E-state index in [0.29, 0.717) is 5.56 Å². The van der Waals surface area contributed by atoms with Crippen molar-refractivity contribution < 1.29 is 27.5 Å². The Morgan fingerprint density at radius 2 is 1.75 bits per heavy atom. The molecule has 0 heterocycles.